The highest BCUT2D eigenvalue weighted by molar-refractivity contribution is 6.11. The molecule has 2 atom stereocenters. The molecule has 0 aliphatic carbocycles. The standard InChI is InChI=1S/C33H36N4O6/c1-7-20-19(6)32(42)37-27(20)14-25-18(5)23(10-12-31(40)41)29(35-25)15-28-22(9-11-30(38)39)17(4)24(34-28)13-26-16(3)21(8-2)33(43)36-26/h7-8,13-14,22-23H,1-2,9-12,15H2,3-6H3,(H,36,43)(H,37,42)(H,38,39)(H,40,41)/b26-13+,27-14+/t22-,23-/m1/s1. The second-order valence-electron chi connectivity index (χ2n) is 11.0. The van der Waals surface area contributed by atoms with Crippen LogP contribution in [0.15, 0.2) is 104 Å². The van der Waals surface area contributed by atoms with E-state index >= 15 is 0 Å². The van der Waals surface area contributed by atoms with Crippen molar-refractivity contribution in [2.24, 2.45) is 21.8 Å². The Kier molecular flexibility index (Phi) is 9.08. The van der Waals surface area contributed by atoms with E-state index in [0.29, 0.717) is 58.8 Å². The number of nitrogens with zero attached hydrogens (tertiary/aromatic N) is 2. The number of carbonyl (C=O) groups is 4. The van der Waals surface area contributed by atoms with Crippen LogP contribution in [-0.4, -0.2) is 45.4 Å². The fourth-order valence-electron chi connectivity index (χ4n) is 5.85. The summed E-state index contributed by atoms with van der Waals surface area (Å²) in [6, 6.07) is 0. The molecule has 0 aromatic carbocycles. The number of hydrogen-bond donors (Lipinski definition) is 4. The lowest BCUT2D eigenvalue weighted by molar-refractivity contribution is -0.138. The van der Waals surface area contributed by atoms with Crippen molar-refractivity contribution in [1.29, 1.82) is 0 Å². The molecule has 4 heterocycles. The van der Waals surface area contributed by atoms with E-state index < -0.39 is 11.9 Å². The largest absolute Gasteiger partial charge is 0.481 e. The van der Waals surface area contributed by atoms with Crippen molar-refractivity contribution in [3.63, 3.8) is 0 Å². The van der Waals surface area contributed by atoms with Gasteiger partial charge in [-0.25, -0.2) is 0 Å². The van der Waals surface area contributed by atoms with Crippen molar-refractivity contribution in [1.82, 2.24) is 10.6 Å². The minimum atomic E-state index is -0.917. The van der Waals surface area contributed by atoms with Gasteiger partial charge in [0, 0.05) is 64.9 Å². The zero-order chi connectivity index (χ0) is 31.6. The predicted octanol–water partition coefficient (Wildman–Crippen LogP) is 4.83. The number of allylic oxidation sites excluding steroid dienone is 6. The van der Waals surface area contributed by atoms with Gasteiger partial charge in [-0.3, -0.25) is 29.2 Å². The molecule has 2 amide bonds. The number of hydrogen-bond acceptors (Lipinski definition) is 6. The van der Waals surface area contributed by atoms with E-state index in [0.717, 1.165) is 28.1 Å². The van der Waals surface area contributed by atoms with Crippen LogP contribution in [0.25, 0.3) is 0 Å². The Morgan fingerprint density at radius 3 is 1.65 bits per heavy atom. The first kappa shape index (κ1) is 31.1. The van der Waals surface area contributed by atoms with Crippen LogP contribution in [-0.2, 0) is 19.2 Å². The summed E-state index contributed by atoms with van der Waals surface area (Å²) in [5.74, 6) is -2.81. The number of nitrogens with one attached hydrogen (secondary N) is 2. The molecule has 4 aliphatic heterocycles. The van der Waals surface area contributed by atoms with Gasteiger partial charge in [-0.1, -0.05) is 25.3 Å². The first-order valence-electron chi connectivity index (χ1n) is 14.1. The zero-order valence-electron chi connectivity index (χ0n) is 24.8. The van der Waals surface area contributed by atoms with Crippen LogP contribution >= 0.6 is 0 Å². The highest BCUT2D eigenvalue weighted by atomic mass is 16.4. The zero-order valence-corrected chi connectivity index (χ0v) is 24.8. The number of carboxylic acid groups (broad SMARTS) is 2. The molecule has 10 heteroatoms. The molecule has 0 aromatic rings. The summed E-state index contributed by atoms with van der Waals surface area (Å²) < 4.78 is 0. The first-order chi connectivity index (χ1) is 20.4. The van der Waals surface area contributed by atoms with Gasteiger partial charge in [0.25, 0.3) is 11.8 Å². The molecule has 0 spiro atoms. The van der Waals surface area contributed by atoms with Crippen molar-refractivity contribution in [3.05, 3.63) is 93.7 Å². The molecular weight excluding hydrogens is 548 g/mol. The van der Waals surface area contributed by atoms with E-state index in [2.05, 4.69) is 23.8 Å². The van der Waals surface area contributed by atoms with Crippen molar-refractivity contribution in [2.45, 2.75) is 59.8 Å². The smallest absolute Gasteiger partial charge is 0.303 e. The van der Waals surface area contributed by atoms with Crippen molar-refractivity contribution in [2.75, 3.05) is 0 Å². The molecule has 0 fully saturated rings. The van der Waals surface area contributed by atoms with Crippen LogP contribution in [0, 0.1) is 11.8 Å². The van der Waals surface area contributed by atoms with Crippen LogP contribution in [0.3, 0.4) is 0 Å². The van der Waals surface area contributed by atoms with Gasteiger partial charge in [-0.2, -0.15) is 0 Å². The molecular formula is C33H36N4O6. The molecule has 4 aliphatic rings. The maximum absolute atomic E-state index is 12.3. The van der Waals surface area contributed by atoms with Crippen LogP contribution in [0.1, 0.15) is 59.8 Å². The molecule has 0 bridgehead atoms. The second-order valence-corrected chi connectivity index (χ2v) is 11.0. The molecule has 43 heavy (non-hydrogen) atoms. The monoisotopic (exact) mass is 584 g/mol. The van der Waals surface area contributed by atoms with E-state index in [-0.39, 0.29) is 36.5 Å². The summed E-state index contributed by atoms with van der Waals surface area (Å²) in [5.41, 5.74) is 8.18. The summed E-state index contributed by atoms with van der Waals surface area (Å²) in [6.45, 7) is 14.9. The van der Waals surface area contributed by atoms with Crippen LogP contribution < -0.4 is 10.6 Å². The van der Waals surface area contributed by atoms with Gasteiger partial charge in [0.15, 0.2) is 0 Å². The summed E-state index contributed by atoms with van der Waals surface area (Å²) in [4.78, 5) is 57.4. The Hall–Kier alpha value is -4.86. The van der Waals surface area contributed by atoms with Crippen LogP contribution in [0.5, 0.6) is 0 Å². The molecule has 0 aromatic heterocycles. The van der Waals surface area contributed by atoms with E-state index in [9.17, 15) is 29.4 Å². The van der Waals surface area contributed by atoms with Gasteiger partial charge in [-0.15, -0.1) is 0 Å². The third kappa shape index (κ3) is 6.33. The number of carboxylic acids is 2. The van der Waals surface area contributed by atoms with Gasteiger partial charge in [0.2, 0.25) is 0 Å². The van der Waals surface area contributed by atoms with Gasteiger partial charge in [-0.05, 0) is 69.4 Å². The number of carbonyl (C=O) groups excluding carboxylic acids is 2. The second kappa shape index (κ2) is 12.6. The maximum Gasteiger partial charge on any atom is 0.303 e. The highest BCUT2D eigenvalue weighted by Crippen LogP contribution is 2.38. The summed E-state index contributed by atoms with van der Waals surface area (Å²) >= 11 is 0. The van der Waals surface area contributed by atoms with E-state index in [1.165, 1.54) is 6.08 Å². The predicted molar refractivity (Wildman–Crippen MR) is 164 cm³/mol. The lowest BCUT2D eigenvalue weighted by Crippen LogP contribution is -2.22. The molecule has 0 unspecified atom stereocenters. The Bertz CT molecular complexity index is 1610. The minimum Gasteiger partial charge on any atom is -0.481 e. The van der Waals surface area contributed by atoms with Crippen LogP contribution in [0.4, 0.5) is 0 Å². The minimum absolute atomic E-state index is 0.0551. The van der Waals surface area contributed by atoms with Gasteiger partial charge < -0.3 is 20.8 Å². The quantitative estimate of drug-likeness (QED) is 0.257. The summed E-state index contributed by atoms with van der Waals surface area (Å²) in [6.07, 6.45) is 7.58. The Balaban J connectivity index is 1.71. The number of aliphatic imine (C=N–C) groups is 2. The van der Waals surface area contributed by atoms with E-state index in [4.69, 9.17) is 9.98 Å². The average Bonchev–Trinajstić information content (AvgIpc) is 3.59. The third-order valence-corrected chi connectivity index (χ3v) is 8.40. The number of amides is 2. The first-order valence-corrected chi connectivity index (χ1v) is 14.1. The average molecular weight is 585 g/mol. The molecule has 4 N–H and O–H groups in total. The summed E-state index contributed by atoms with van der Waals surface area (Å²) in [7, 11) is 0. The van der Waals surface area contributed by atoms with E-state index in [1.807, 2.05) is 20.8 Å². The molecule has 224 valence electrons. The Morgan fingerprint density at radius 2 is 1.21 bits per heavy atom. The maximum atomic E-state index is 12.3. The lowest BCUT2D eigenvalue weighted by atomic mass is 9.84. The molecule has 4 rings (SSSR count). The van der Waals surface area contributed by atoms with Gasteiger partial charge >= 0.3 is 11.9 Å². The SMILES string of the molecule is C=CC1=C(C)/C(=C\C2=C(C)[C@@H](CCC(=O)O)C(CC3=NC(/C=C4/NC(=O)C(C)=C4C=C)=C(C)[C@H]3CCC(=O)O)=N2)NC1=O. The Labute approximate surface area is 250 Å². The van der Waals surface area contributed by atoms with Gasteiger partial charge in [0.1, 0.15) is 0 Å². The van der Waals surface area contributed by atoms with Crippen molar-refractivity contribution >= 4 is 35.2 Å². The van der Waals surface area contributed by atoms with E-state index in [1.54, 1.807) is 25.2 Å². The molecule has 0 radical (unpaired) electrons. The molecule has 0 saturated carbocycles. The summed E-state index contributed by atoms with van der Waals surface area (Å²) in [5, 5.41) is 24.6. The molecule has 0 saturated heterocycles. The molecule has 10 nitrogen and oxygen atoms in total. The van der Waals surface area contributed by atoms with Crippen molar-refractivity contribution < 1.29 is 29.4 Å². The highest BCUT2D eigenvalue weighted by Gasteiger charge is 2.34. The van der Waals surface area contributed by atoms with Crippen LogP contribution in [0.2, 0.25) is 0 Å². The number of rotatable bonds is 12. The fourth-order valence-corrected chi connectivity index (χ4v) is 5.85. The Morgan fingerprint density at radius 1 is 0.744 bits per heavy atom. The fraction of sp³-hybridized carbons (Fsp3) is 0.333. The number of aliphatic carboxylic acids is 2. The van der Waals surface area contributed by atoms with Gasteiger partial charge in [0.05, 0.1) is 17.1 Å². The third-order valence-electron chi connectivity index (χ3n) is 8.40. The normalized spacial score (nSPS) is 23.9. The van der Waals surface area contributed by atoms with Crippen molar-refractivity contribution in [3.8, 4) is 0 Å². The topological polar surface area (TPSA) is 158 Å². The lowest BCUT2D eigenvalue weighted by Gasteiger charge is -2.18.